The molecule has 0 spiro atoms. The molecule has 0 aliphatic carbocycles. The summed E-state index contributed by atoms with van der Waals surface area (Å²) in [5.41, 5.74) is 0. The van der Waals surface area contributed by atoms with Crippen LogP contribution in [0.25, 0.3) is 0 Å². The van der Waals surface area contributed by atoms with E-state index in [0.717, 1.165) is 55.9 Å². The van der Waals surface area contributed by atoms with Crippen LogP contribution in [-0.2, 0) is 0 Å². The van der Waals surface area contributed by atoms with Crippen molar-refractivity contribution in [2.24, 2.45) is 0 Å². The first-order chi connectivity index (χ1) is 9.22. The predicted octanol–water partition coefficient (Wildman–Crippen LogP) is 1.77. The quantitative estimate of drug-likeness (QED) is 0.655. The Labute approximate surface area is 119 Å². The number of hydrogen-bond donors (Lipinski definition) is 1. The maximum atomic E-state index is 4.63. The highest BCUT2D eigenvalue weighted by Gasteiger charge is 2.16. The molecule has 1 aliphatic rings. The van der Waals surface area contributed by atoms with Crippen molar-refractivity contribution in [1.29, 1.82) is 0 Å². The van der Waals surface area contributed by atoms with Gasteiger partial charge in [0.2, 0.25) is 0 Å². The maximum absolute atomic E-state index is 4.63. The van der Waals surface area contributed by atoms with E-state index >= 15 is 0 Å². The number of likely N-dealkylation sites (N-methyl/N-ethyl adjacent to an activating group) is 1. The number of nitrogens with one attached hydrogen (secondary N) is 1. The summed E-state index contributed by atoms with van der Waals surface area (Å²) in [5, 5.41) is 4.20. The highest BCUT2D eigenvalue weighted by molar-refractivity contribution is 7.98. The summed E-state index contributed by atoms with van der Waals surface area (Å²) in [6.07, 6.45) is 3.12. The smallest absolute Gasteiger partial charge is 0.191 e. The molecule has 1 aromatic rings. The van der Waals surface area contributed by atoms with Crippen LogP contribution < -0.4 is 10.2 Å². The Morgan fingerprint density at radius 2 is 2.00 bits per heavy atom. The van der Waals surface area contributed by atoms with Crippen LogP contribution in [0.15, 0.2) is 11.2 Å². The van der Waals surface area contributed by atoms with Crippen LogP contribution in [0.2, 0.25) is 0 Å². The van der Waals surface area contributed by atoms with E-state index in [1.807, 2.05) is 6.26 Å². The van der Waals surface area contributed by atoms with Crippen molar-refractivity contribution in [2.75, 3.05) is 56.2 Å². The molecule has 6 heteroatoms. The van der Waals surface area contributed by atoms with Gasteiger partial charge in [-0.05, 0) is 19.7 Å². The second kappa shape index (κ2) is 6.96. The van der Waals surface area contributed by atoms with Gasteiger partial charge in [-0.1, -0.05) is 18.7 Å². The molecule has 1 aromatic heterocycles. The highest BCUT2D eigenvalue weighted by Crippen LogP contribution is 2.21. The molecule has 0 bridgehead atoms. The lowest BCUT2D eigenvalue weighted by molar-refractivity contribution is 0.312. The van der Waals surface area contributed by atoms with E-state index in [4.69, 9.17) is 0 Å². The van der Waals surface area contributed by atoms with Crippen LogP contribution in [0.4, 0.5) is 11.6 Å². The molecule has 0 radical (unpaired) electrons. The van der Waals surface area contributed by atoms with Gasteiger partial charge in [-0.25, -0.2) is 9.97 Å². The van der Waals surface area contributed by atoms with E-state index in [2.05, 4.69) is 45.1 Å². The molecular formula is C13H23N5S. The van der Waals surface area contributed by atoms with Crippen LogP contribution in [0, 0.1) is 0 Å². The number of aromatic nitrogens is 2. The Kier molecular flexibility index (Phi) is 5.27. The summed E-state index contributed by atoms with van der Waals surface area (Å²) >= 11 is 1.60. The third kappa shape index (κ3) is 3.98. The topological polar surface area (TPSA) is 44.3 Å². The zero-order valence-electron chi connectivity index (χ0n) is 12.0. The van der Waals surface area contributed by atoms with Crippen LogP contribution in [0.5, 0.6) is 0 Å². The first kappa shape index (κ1) is 14.4. The van der Waals surface area contributed by atoms with Crippen molar-refractivity contribution in [2.45, 2.75) is 18.5 Å². The van der Waals surface area contributed by atoms with E-state index in [9.17, 15) is 0 Å². The molecule has 5 nitrogen and oxygen atoms in total. The number of nitrogens with zero attached hydrogens (tertiary/aromatic N) is 4. The molecule has 0 amide bonds. The lowest BCUT2D eigenvalue weighted by Gasteiger charge is -2.33. The van der Waals surface area contributed by atoms with Crippen molar-refractivity contribution in [3.63, 3.8) is 0 Å². The molecule has 1 saturated heterocycles. The van der Waals surface area contributed by atoms with Gasteiger partial charge < -0.3 is 15.1 Å². The van der Waals surface area contributed by atoms with Gasteiger partial charge in [-0.15, -0.1) is 0 Å². The minimum Gasteiger partial charge on any atom is -0.370 e. The lowest BCUT2D eigenvalue weighted by atomic mass is 10.3. The van der Waals surface area contributed by atoms with Crippen LogP contribution >= 0.6 is 11.8 Å². The van der Waals surface area contributed by atoms with Gasteiger partial charge in [0.15, 0.2) is 5.16 Å². The Hall–Kier alpha value is -1.01. The van der Waals surface area contributed by atoms with Gasteiger partial charge in [-0.2, -0.15) is 0 Å². The number of anilines is 2. The number of thioether (sulfide) groups is 1. The summed E-state index contributed by atoms with van der Waals surface area (Å²) in [7, 11) is 2.17. The van der Waals surface area contributed by atoms with Gasteiger partial charge in [0.25, 0.3) is 0 Å². The Bertz CT molecular complexity index is 404. The largest absolute Gasteiger partial charge is 0.370 e. The van der Waals surface area contributed by atoms with Crippen molar-refractivity contribution in [3.05, 3.63) is 6.07 Å². The van der Waals surface area contributed by atoms with E-state index in [-0.39, 0.29) is 0 Å². The fourth-order valence-corrected chi connectivity index (χ4v) is 2.42. The summed E-state index contributed by atoms with van der Waals surface area (Å²) in [4.78, 5) is 13.8. The van der Waals surface area contributed by atoms with Crippen LogP contribution in [0.3, 0.4) is 0 Å². The minimum atomic E-state index is 0.843. The van der Waals surface area contributed by atoms with E-state index in [1.54, 1.807) is 11.8 Å². The molecule has 0 saturated carbocycles. The SMILES string of the molecule is CCCNc1cc(N2CCN(C)CC2)nc(SC)n1. The lowest BCUT2D eigenvalue weighted by Crippen LogP contribution is -2.44. The number of rotatable bonds is 5. The molecule has 106 valence electrons. The Balaban J connectivity index is 2.14. The Morgan fingerprint density at radius 1 is 1.26 bits per heavy atom. The second-order valence-electron chi connectivity index (χ2n) is 4.82. The molecule has 19 heavy (non-hydrogen) atoms. The third-order valence-electron chi connectivity index (χ3n) is 3.26. The van der Waals surface area contributed by atoms with Gasteiger partial charge in [0.05, 0.1) is 0 Å². The molecule has 1 fully saturated rings. The summed E-state index contributed by atoms with van der Waals surface area (Å²) in [5.74, 6) is 1.99. The van der Waals surface area contributed by atoms with Crippen molar-refractivity contribution >= 4 is 23.4 Å². The molecule has 1 N–H and O–H groups in total. The van der Waals surface area contributed by atoms with E-state index in [1.165, 1.54) is 0 Å². The first-order valence-electron chi connectivity index (χ1n) is 6.83. The average molecular weight is 281 g/mol. The number of piperazine rings is 1. The summed E-state index contributed by atoms with van der Waals surface area (Å²) in [6.45, 7) is 7.37. The van der Waals surface area contributed by atoms with Gasteiger partial charge in [-0.3, -0.25) is 0 Å². The fourth-order valence-electron chi connectivity index (χ4n) is 2.05. The van der Waals surface area contributed by atoms with Crippen molar-refractivity contribution < 1.29 is 0 Å². The molecule has 2 heterocycles. The first-order valence-corrected chi connectivity index (χ1v) is 8.06. The summed E-state index contributed by atoms with van der Waals surface area (Å²) < 4.78 is 0. The molecule has 0 atom stereocenters. The second-order valence-corrected chi connectivity index (χ2v) is 5.59. The van der Waals surface area contributed by atoms with Crippen molar-refractivity contribution in [1.82, 2.24) is 14.9 Å². The zero-order chi connectivity index (χ0) is 13.7. The zero-order valence-corrected chi connectivity index (χ0v) is 12.8. The highest BCUT2D eigenvalue weighted by atomic mass is 32.2. The minimum absolute atomic E-state index is 0.843. The Morgan fingerprint density at radius 3 is 2.63 bits per heavy atom. The van der Waals surface area contributed by atoms with E-state index in [0.29, 0.717) is 0 Å². The average Bonchev–Trinajstić information content (AvgIpc) is 2.45. The molecule has 0 unspecified atom stereocenters. The van der Waals surface area contributed by atoms with E-state index < -0.39 is 0 Å². The molecule has 1 aliphatic heterocycles. The number of hydrogen-bond acceptors (Lipinski definition) is 6. The monoisotopic (exact) mass is 281 g/mol. The van der Waals surface area contributed by atoms with Gasteiger partial charge in [0.1, 0.15) is 11.6 Å². The standard InChI is InChI=1S/C13H23N5S/c1-4-5-14-11-10-12(16-13(15-11)19-3)18-8-6-17(2)7-9-18/h10H,4-9H2,1-3H3,(H,14,15,16). The third-order valence-corrected chi connectivity index (χ3v) is 3.81. The predicted molar refractivity (Wildman–Crippen MR) is 82.3 cm³/mol. The van der Waals surface area contributed by atoms with Crippen molar-refractivity contribution in [3.8, 4) is 0 Å². The molecule has 0 aromatic carbocycles. The van der Waals surface area contributed by atoms with Gasteiger partial charge in [0, 0.05) is 38.8 Å². The van der Waals surface area contributed by atoms with Gasteiger partial charge >= 0.3 is 0 Å². The normalized spacial score (nSPS) is 16.7. The van der Waals surface area contributed by atoms with Crippen LogP contribution in [0.1, 0.15) is 13.3 Å². The maximum Gasteiger partial charge on any atom is 0.191 e. The van der Waals surface area contributed by atoms with Crippen LogP contribution in [-0.4, -0.2) is 60.9 Å². The molecular weight excluding hydrogens is 258 g/mol. The summed E-state index contributed by atoms with van der Waals surface area (Å²) in [6, 6.07) is 2.07. The molecule has 2 rings (SSSR count). The fraction of sp³-hybridized carbons (Fsp3) is 0.692.